The maximum absolute atomic E-state index is 9.57. The van der Waals surface area contributed by atoms with Crippen molar-refractivity contribution in [3.63, 3.8) is 0 Å². The van der Waals surface area contributed by atoms with Crippen LogP contribution in [0.2, 0.25) is 20.1 Å². The van der Waals surface area contributed by atoms with Crippen LogP contribution in [0.25, 0.3) is 23.3 Å². The molecule has 2 nitrogen and oxygen atoms in total. The molecule has 0 heterocycles. The second kappa shape index (κ2) is 9.86. The Balaban J connectivity index is 1.91. The molecule has 0 aromatic heterocycles. The Hall–Kier alpha value is -2.72. The van der Waals surface area contributed by atoms with Gasteiger partial charge in [0, 0.05) is 0 Å². The molecule has 0 saturated carbocycles. The fraction of sp³-hybridized carbons (Fsp3) is 0. The van der Waals surface area contributed by atoms with E-state index >= 15 is 0 Å². The van der Waals surface area contributed by atoms with Crippen molar-refractivity contribution >= 4 is 69.7 Å². The van der Waals surface area contributed by atoms with E-state index in [4.69, 9.17) is 46.4 Å². The molecule has 0 atom stereocenters. The van der Waals surface area contributed by atoms with E-state index in [-0.39, 0.29) is 0 Å². The van der Waals surface area contributed by atoms with Crippen molar-refractivity contribution in [2.75, 3.05) is 0 Å². The quantitative estimate of drug-likeness (QED) is 0.284. The van der Waals surface area contributed by atoms with E-state index in [0.29, 0.717) is 31.2 Å². The second-order valence-corrected chi connectivity index (χ2v) is 7.89. The van der Waals surface area contributed by atoms with E-state index in [1.54, 1.807) is 72.8 Å². The highest BCUT2D eigenvalue weighted by atomic mass is 35.5. The normalized spacial score (nSPS) is 11.7. The van der Waals surface area contributed by atoms with E-state index in [2.05, 4.69) is 12.1 Å². The summed E-state index contributed by atoms with van der Waals surface area (Å²) in [5, 5.41) is 20.9. The molecule has 3 aromatic carbocycles. The van der Waals surface area contributed by atoms with Crippen LogP contribution < -0.4 is 0 Å². The van der Waals surface area contributed by atoms with E-state index < -0.39 is 0 Å². The van der Waals surface area contributed by atoms with Crippen LogP contribution in [0.5, 0.6) is 0 Å². The highest BCUT2D eigenvalue weighted by molar-refractivity contribution is 6.42. The molecule has 146 valence electrons. The fourth-order valence-corrected chi connectivity index (χ4v) is 3.34. The molecule has 0 saturated heterocycles. The summed E-state index contributed by atoms with van der Waals surface area (Å²) in [6, 6.07) is 21.9. The summed E-state index contributed by atoms with van der Waals surface area (Å²) in [7, 11) is 0. The van der Waals surface area contributed by atoms with Gasteiger partial charge in [0.25, 0.3) is 0 Å². The summed E-state index contributed by atoms with van der Waals surface area (Å²) in [6.45, 7) is 0. The number of allylic oxidation sites excluding steroid dienone is 2. The van der Waals surface area contributed by atoms with Crippen LogP contribution >= 0.6 is 46.4 Å². The third-order valence-electron chi connectivity index (χ3n) is 4.26. The summed E-state index contributed by atoms with van der Waals surface area (Å²) in [5.74, 6) is 0. The molecule has 0 unspecified atom stereocenters. The Morgan fingerprint density at radius 2 is 0.933 bits per heavy atom. The van der Waals surface area contributed by atoms with Gasteiger partial charge in [-0.25, -0.2) is 0 Å². The maximum atomic E-state index is 9.57. The molecule has 0 radical (unpaired) electrons. The van der Waals surface area contributed by atoms with Crippen molar-refractivity contribution in [2.24, 2.45) is 0 Å². The highest BCUT2D eigenvalue weighted by Crippen LogP contribution is 2.28. The smallest absolute Gasteiger partial charge is 0.0998 e. The summed E-state index contributed by atoms with van der Waals surface area (Å²) < 4.78 is 0. The lowest BCUT2D eigenvalue weighted by molar-refractivity contribution is 1.50. The van der Waals surface area contributed by atoms with E-state index in [1.807, 2.05) is 0 Å². The molecular weight excluding hydrogens is 458 g/mol. The fourth-order valence-electron chi connectivity index (χ4n) is 2.73. The van der Waals surface area contributed by atoms with Gasteiger partial charge in [0.05, 0.1) is 43.4 Å². The van der Waals surface area contributed by atoms with Crippen LogP contribution in [0.4, 0.5) is 0 Å². The van der Waals surface area contributed by atoms with Crippen LogP contribution in [0.3, 0.4) is 0 Å². The number of nitriles is 2. The van der Waals surface area contributed by atoms with Crippen molar-refractivity contribution < 1.29 is 0 Å². The van der Waals surface area contributed by atoms with Gasteiger partial charge >= 0.3 is 0 Å². The van der Waals surface area contributed by atoms with Gasteiger partial charge in [-0.05, 0) is 58.7 Å². The van der Waals surface area contributed by atoms with Gasteiger partial charge in [-0.3, -0.25) is 0 Å². The van der Waals surface area contributed by atoms with Crippen LogP contribution in [0.15, 0.2) is 60.7 Å². The number of hydrogen-bond donors (Lipinski definition) is 0. The Kier molecular flexibility index (Phi) is 7.22. The number of hydrogen-bond acceptors (Lipinski definition) is 2. The lowest BCUT2D eigenvalue weighted by Gasteiger charge is -2.05. The predicted molar refractivity (Wildman–Crippen MR) is 126 cm³/mol. The molecule has 0 N–H and O–H groups in total. The minimum Gasteiger partial charge on any atom is -0.192 e. The summed E-state index contributed by atoms with van der Waals surface area (Å²) >= 11 is 24.0. The average Bonchev–Trinajstić information content (AvgIpc) is 2.75. The predicted octanol–water partition coefficient (Wildman–Crippen LogP) is 8.43. The van der Waals surface area contributed by atoms with Gasteiger partial charge in [-0.15, -0.1) is 0 Å². The van der Waals surface area contributed by atoms with E-state index in [9.17, 15) is 10.5 Å². The zero-order valence-electron chi connectivity index (χ0n) is 15.3. The molecule has 0 aliphatic carbocycles. The van der Waals surface area contributed by atoms with Crippen molar-refractivity contribution in [1.82, 2.24) is 0 Å². The topological polar surface area (TPSA) is 47.6 Å². The van der Waals surface area contributed by atoms with Gasteiger partial charge in [-0.1, -0.05) is 82.8 Å². The standard InChI is InChI=1S/C24H12Cl4N2/c25-21-7-1-15(11-23(21)27)9-19(13-29)17-3-5-18(6-4-17)20(14-30)10-16-2-8-22(26)24(28)12-16/h1-12H/b19-9+,20-10+. The van der Waals surface area contributed by atoms with Gasteiger partial charge in [0.2, 0.25) is 0 Å². The van der Waals surface area contributed by atoms with Gasteiger partial charge in [0.15, 0.2) is 0 Å². The van der Waals surface area contributed by atoms with E-state index in [0.717, 1.165) is 22.3 Å². The van der Waals surface area contributed by atoms with Crippen LogP contribution in [0.1, 0.15) is 22.3 Å². The van der Waals surface area contributed by atoms with Crippen molar-refractivity contribution in [3.8, 4) is 12.1 Å². The molecule has 0 fully saturated rings. The molecule has 3 rings (SSSR count). The minimum atomic E-state index is 0.421. The van der Waals surface area contributed by atoms with Crippen LogP contribution in [0, 0.1) is 22.7 Å². The molecular formula is C24H12Cl4N2. The summed E-state index contributed by atoms with van der Waals surface area (Å²) in [4.78, 5) is 0. The second-order valence-electron chi connectivity index (χ2n) is 6.26. The monoisotopic (exact) mass is 468 g/mol. The van der Waals surface area contributed by atoms with Gasteiger partial charge in [-0.2, -0.15) is 10.5 Å². The summed E-state index contributed by atoms with van der Waals surface area (Å²) in [5.41, 5.74) is 3.90. The largest absolute Gasteiger partial charge is 0.192 e. The first kappa shape index (κ1) is 22.0. The molecule has 0 aliphatic heterocycles. The third-order valence-corrected chi connectivity index (χ3v) is 5.74. The minimum absolute atomic E-state index is 0.421. The molecule has 6 heteroatoms. The first-order valence-electron chi connectivity index (χ1n) is 8.66. The number of halogens is 4. The Labute approximate surface area is 194 Å². The number of benzene rings is 3. The lowest BCUT2D eigenvalue weighted by Crippen LogP contribution is -1.86. The molecule has 0 spiro atoms. The van der Waals surface area contributed by atoms with Crippen molar-refractivity contribution in [1.29, 1.82) is 10.5 Å². The number of nitrogens with zero attached hydrogens (tertiary/aromatic N) is 2. The molecule has 30 heavy (non-hydrogen) atoms. The molecule has 3 aromatic rings. The molecule has 0 aliphatic rings. The van der Waals surface area contributed by atoms with Crippen molar-refractivity contribution in [3.05, 3.63) is 103 Å². The Bertz CT molecular complexity index is 1150. The van der Waals surface area contributed by atoms with E-state index in [1.165, 1.54) is 0 Å². The van der Waals surface area contributed by atoms with Crippen LogP contribution in [-0.4, -0.2) is 0 Å². The van der Waals surface area contributed by atoms with Gasteiger partial charge in [0.1, 0.15) is 0 Å². The average molecular weight is 470 g/mol. The van der Waals surface area contributed by atoms with Crippen LogP contribution in [-0.2, 0) is 0 Å². The third kappa shape index (κ3) is 5.25. The van der Waals surface area contributed by atoms with Crippen molar-refractivity contribution in [2.45, 2.75) is 0 Å². The Morgan fingerprint density at radius 1 is 0.567 bits per heavy atom. The zero-order chi connectivity index (χ0) is 21.7. The number of rotatable bonds is 4. The first-order valence-corrected chi connectivity index (χ1v) is 10.2. The summed E-state index contributed by atoms with van der Waals surface area (Å²) in [6.07, 6.45) is 3.46. The highest BCUT2D eigenvalue weighted by Gasteiger charge is 2.07. The zero-order valence-corrected chi connectivity index (χ0v) is 18.4. The molecule has 0 amide bonds. The molecule has 0 bridgehead atoms. The first-order chi connectivity index (χ1) is 14.4. The van der Waals surface area contributed by atoms with Gasteiger partial charge < -0.3 is 0 Å². The maximum Gasteiger partial charge on any atom is 0.0998 e. The SMILES string of the molecule is N#C/C(=C\c1ccc(Cl)c(Cl)c1)c1ccc(/C(C#N)=C/c2ccc(Cl)c(Cl)c2)cc1. The Morgan fingerprint density at radius 3 is 1.23 bits per heavy atom. The lowest BCUT2D eigenvalue weighted by atomic mass is 9.99.